The first-order valence-electron chi connectivity index (χ1n) is 6.15. The maximum absolute atomic E-state index is 5.12. The summed E-state index contributed by atoms with van der Waals surface area (Å²) in [6.07, 6.45) is 3.96. The maximum Gasteiger partial charge on any atom is 0.0713 e. The molecule has 1 aromatic heterocycles. The molecule has 0 aliphatic heterocycles. The topological polar surface area (TPSA) is 39.1 Å². The molecule has 0 aliphatic rings. The van der Waals surface area contributed by atoms with Crippen LogP contribution in [0.2, 0.25) is 0 Å². The van der Waals surface area contributed by atoms with Crippen LogP contribution in [0.4, 0.5) is 5.69 Å². The van der Waals surface area contributed by atoms with Gasteiger partial charge in [-0.25, -0.2) is 0 Å². The van der Waals surface area contributed by atoms with E-state index in [-0.39, 0.29) is 0 Å². The smallest absolute Gasteiger partial charge is 0.0713 e. The number of benzene rings is 1. The summed E-state index contributed by atoms with van der Waals surface area (Å²) in [5, 5.41) is 7.64. The highest BCUT2D eigenvalue weighted by atomic mass is 16.5. The van der Waals surface area contributed by atoms with E-state index in [1.54, 1.807) is 7.11 Å². The Bertz CT molecular complexity index is 493. The molecule has 18 heavy (non-hydrogen) atoms. The molecule has 0 aliphatic carbocycles. The fraction of sp³-hybridized carbons (Fsp3) is 0.357. The lowest BCUT2D eigenvalue weighted by Gasteiger charge is -2.07. The Balaban J connectivity index is 1.94. The van der Waals surface area contributed by atoms with Crippen molar-refractivity contribution in [1.29, 1.82) is 0 Å². The number of nitrogens with zero attached hydrogens (tertiary/aromatic N) is 2. The average Bonchev–Trinajstić information content (AvgIpc) is 2.85. The van der Waals surface area contributed by atoms with Crippen molar-refractivity contribution in [3.05, 3.63) is 47.8 Å². The number of nitrogens with one attached hydrogen (secondary N) is 1. The molecule has 0 unspecified atom stereocenters. The van der Waals surface area contributed by atoms with Crippen molar-refractivity contribution in [2.45, 2.75) is 26.6 Å². The fourth-order valence-corrected chi connectivity index (χ4v) is 1.81. The Labute approximate surface area is 108 Å². The molecule has 0 amide bonds. The molecule has 2 aromatic rings. The molecule has 4 heteroatoms. The number of ether oxygens (including phenoxy) is 1. The summed E-state index contributed by atoms with van der Waals surface area (Å²) >= 11 is 0. The highest BCUT2D eigenvalue weighted by Gasteiger charge is 1.99. The Hall–Kier alpha value is -1.81. The molecule has 1 aromatic carbocycles. The van der Waals surface area contributed by atoms with Crippen molar-refractivity contribution in [2.75, 3.05) is 12.4 Å². The second-order valence-electron chi connectivity index (χ2n) is 4.19. The van der Waals surface area contributed by atoms with Crippen molar-refractivity contribution in [3.8, 4) is 0 Å². The predicted molar refractivity (Wildman–Crippen MR) is 72.4 cm³/mol. The van der Waals surface area contributed by atoms with Crippen LogP contribution in [-0.4, -0.2) is 16.9 Å². The van der Waals surface area contributed by atoms with Gasteiger partial charge >= 0.3 is 0 Å². The van der Waals surface area contributed by atoms with Crippen LogP contribution in [0, 0.1) is 0 Å². The summed E-state index contributed by atoms with van der Waals surface area (Å²) in [7, 11) is 1.71. The van der Waals surface area contributed by atoms with Crippen molar-refractivity contribution in [1.82, 2.24) is 9.78 Å². The van der Waals surface area contributed by atoms with E-state index in [2.05, 4.69) is 41.7 Å². The number of hydrogen-bond donors (Lipinski definition) is 1. The zero-order valence-electron chi connectivity index (χ0n) is 10.9. The molecule has 2 rings (SSSR count). The van der Waals surface area contributed by atoms with Crippen molar-refractivity contribution < 1.29 is 4.74 Å². The number of aromatic nitrogens is 2. The normalized spacial score (nSPS) is 10.6. The summed E-state index contributed by atoms with van der Waals surface area (Å²) in [4.78, 5) is 0. The van der Waals surface area contributed by atoms with E-state index >= 15 is 0 Å². The summed E-state index contributed by atoms with van der Waals surface area (Å²) in [5.41, 5.74) is 3.47. The highest BCUT2D eigenvalue weighted by molar-refractivity contribution is 5.45. The standard InChI is InChI=1S/C14H19N3O/c1-3-17-10-13(9-16-17)8-15-14-6-4-5-12(7-14)11-18-2/h4-7,9-10,15H,3,8,11H2,1-2H3. The van der Waals surface area contributed by atoms with Gasteiger partial charge < -0.3 is 10.1 Å². The molecule has 4 nitrogen and oxygen atoms in total. The minimum atomic E-state index is 0.642. The maximum atomic E-state index is 5.12. The summed E-state index contributed by atoms with van der Waals surface area (Å²) in [6.45, 7) is 4.42. The summed E-state index contributed by atoms with van der Waals surface area (Å²) < 4.78 is 7.05. The van der Waals surface area contributed by atoms with Gasteiger partial charge in [-0.3, -0.25) is 4.68 Å². The van der Waals surface area contributed by atoms with Crippen LogP contribution >= 0.6 is 0 Å². The third-order valence-corrected chi connectivity index (χ3v) is 2.75. The molecule has 96 valence electrons. The van der Waals surface area contributed by atoms with Crippen LogP contribution in [0.1, 0.15) is 18.1 Å². The molecule has 0 fully saturated rings. The largest absolute Gasteiger partial charge is 0.381 e. The van der Waals surface area contributed by atoms with Gasteiger partial charge in [0.15, 0.2) is 0 Å². The van der Waals surface area contributed by atoms with Crippen LogP contribution < -0.4 is 5.32 Å². The average molecular weight is 245 g/mol. The van der Waals surface area contributed by atoms with Crippen molar-refractivity contribution in [3.63, 3.8) is 0 Å². The molecule has 1 N–H and O–H groups in total. The van der Waals surface area contributed by atoms with E-state index in [9.17, 15) is 0 Å². The molecule has 0 atom stereocenters. The number of anilines is 1. The SMILES string of the molecule is CCn1cc(CNc2cccc(COC)c2)cn1. The van der Waals surface area contributed by atoms with E-state index in [4.69, 9.17) is 4.74 Å². The van der Waals surface area contributed by atoms with E-state index < -0.39 is 0 Å². The lowest BCUT2D eigenvalue weighted by Crippen LogP contribution is -1.99. The van der Waals surface area contributed by atoms with Gasteiger partial charge in [-0.1, -0.05) is 12.1 Å². The highest BCUT2D eigenvalue weighted by Crippen LogP contribution is 2.12. The number of methoxy groups -OCH3 is 1. The second kappa shape index (κ2) is 6.21. The lowest BCUT2D eigenvalue weighted by molar-refractivity contribution is 0.185. The molecular formula is C14H19N3O. The van der Waals surface area contributed by atoms with Gasteiger partial charge in [-0.2, -0.15) is 5.10 Å². The number of rotatable bonds is 6. The van der Waals surface area contributed by atoms with Gasteiger partial charge in [0.2, 0.25) is 0 Å². The molecule has 0 saturated carbocycles. The molecule has 1 heterocycles. The molecular weight excluding hydrogens is 226 g/mol. The minimum Gasteiger partial charge on any atom is -0.381 e. The Morgan fingerprint density at radius 1 is 1.33 bits per heavy atom. The first-order chi connectivity index (χ1) is 8.81. The first kappa shape index (κ1) is 12.6. The van der Waals surface area contributed by atoms with Crippen LogP contribution in [0.25, 0.3) is 0 Å². The minimum absolute atomic E-state index is 0.642. The van der Waals surface area contributed by atoms with E-state index in [1.165, 1.54) is 11.1 Å². The van der Waals surface area contributed by atoms with Gasteiger partial charge in [0.25, 0.3) is 0 Å². The first-order valence-corrected chi connectivity index (χ1v) is 6.15. The van der Waals surface area contributed by atoms with Crippen molar-refractivity contribution in [2.24, 2.45) is 0 Å². The van der Waals surface area contributed by atoms with E-state index in [0.717, 1.165) is 18.8 Å². The van der Waals surface area contributed by atoms with Gasteiger partial charge in [0.05, 0.1) is 12.8 Å². The quantitative estimate of drug-likeness (QED) is 0.850. The van der Waals surface area contributed by atoms with E-state index in [1.807, 2.05) is 16.9 Å². The summed E-state index contributed by atoms with van der Waals surface area (Å²) in [6, 6.07) is 8.26. The Morgan fingerprint density at radius 2 is 2.22 bits per heavy atom. The zero-order chi connectivity index (χ0) is 12.8. The molecule has 0 bridgehead atoms. The van der Waals surface area contributed by atoms with Crippen LogP contribution in [0.3, 0.4) is 0 Å². The third kappa shape index (κ3) is 3.34. The predicted octanol–water partition coefficient (Wildman–Crippen LogP) is 2.66. The van der Waals surface area contributed by atoms with Gasteiger partial charge in [-0.05, 0) is 24.6 Å². The van der Waals surface area contributed by atoms with Gasteiger partial charge in [-0.15, -0.1) is 0 Å². The van der Waals surface area contributed by atoms with Crippen LogP contribution in [0.15, 0.2) is 36.7 Å². The van der Waals surface area contributed by atoms with E-state index in [0.29, 0.717) is 6.61 Å². The molecule has 0 saturated heterocycles. The third-order valence-electron chi connectivity index (χ3n) is 2.75. The van der Waals surface area contributed by atoms with Crippen LogP contribution in [0.5, 0.6) is 0 Å². The molecule has 0 radical (unpaired) electrons. The lowest BCUT2D eigenvalue weighted by atomic mass is 10.2. The number of hydrogen-bond acceptors (Lipinski definition) is 3. The monoisotopic (exact) mass is 245 g/mol. The molecule has 0 spiro atoms. The van der Waals surface area contributed by atoms with Gasteiger partial charge in [0, 0.05) is 37.6 Å². The fourth-order valence-electron chi connectivity index (χ4n) is 1.81. The second-order valence-corrected chi connectivity index (χ2v) is 4.19. The summed E-state index contributed by atoms with van der Waals surface area (Å²) in [5.74, 6) is 0. The number of aryl methyl sites for hydroxylation is 1. The van der Waals surface area contributed by atoms with Gasteiger partial charge in [0.1, 0.15) is 0 Å². The Morgan fingerprint density at radius 3 is 2.94 bits per heavy atom. The zero-order valence-corrected chi connectivity index (χ0v) is 10.9. The Kier molecular flexibility index (Phi) is 4.36. The van der Waals surface area contributed by atoms with Crippen LogP contribution in [-0.2, 0) is 24.4 Å². The van der Waals surface area contributed by atoms with Crippen molar-refractivity contribution >= 4 is 5.69 Å².